The van der Waals surface area contributed by atoms with Crippen molar-refractivity contribution in [1.82, 2.24) is 14.8 Å². The molecule has 0 saturated heterocycles. The average molecular weight is 568 g/mol. The summed E-state index contributed by atoms with van der Waals surface area (Å²) >= 11 is 15.9. The van der Waals surface area contributed by atoms with Crippen molar-refractivity contribution in [1.29, 1.82) is 0 Å². The molecule has 1 N–H and O–H groups in total. The molecule has 3 aromatic rings. The van der Waals surface area contributed by atoms with E-state index in [-0.39, 0.29) is 13.2 Å². The Morgan fingerprint density at radius 3 is 2.76 bits per heavy atom. The van der Waals surface area contributed by atoms with E-state index < -0.39 is 12.0 Å². The van der Waals surface area contributed by atoms with Crippen molar-refractivity contribution in [2.75, 3.05) is 19.0 Å². The second-order valence-corrected chi connectivity index (χ2v) is 9.07. The third-order valence-electron chi connectivity index (χ3n) is 5.24. The summed E-state index contributed by atoms with van der Waals surface area (Å²) in [5, 5.41) is 8.50. The van der Waals surface area contributed by atoms with Gasteiger partial charge in [0.1, 0.15) is 19.0 Å². The highest BCUT2D eigenvalue weighted by molar-refractivity contribution is 9.10. The summed E-state index contributed by atoms with van der Waals surface area (Å²) in [5.41, 5.74) is 2.57. The quantitative estimate of drug-likeness (QED) is 0.362. The van der Waals surface area contributed by atoms with Gasteiger partial charge in [0.25, 0.3) is 0 Å². The number of rotatable bonds is 7. The summed E-state index contributed by atoms with van der Waals surface area (Å²) in [6, 6.07) is 8.30. The van der Waals surface area contributed by atoms with E-state index in [0.29, 0.717) is 43.2 Å². The summed E-state index contributed by atoms with van der Waals surface area (Å²) in [6.45, 7) is 4.02. The molecule has 0 amide bonds. The molecule has 1 unspecified atom stereocenters. The number of anilines is 1. The predicted molar refractivity (Wildman–Crippen MR) is 133 cm³/mol. The first-order valence-corrected chi connectivity index (χ1v) is 11.9. The van der Waals surface area contributed by atoms with Crippen molar-refractivity contribution in [3.8, 4) is 11.5 Å². The highest BCUT2D eigenvalue weighted by atomic mass is 79.9. The Bertz CT molecular complexity index is 1280. The van der Waals surface area contributed by atoms with Gasteiger partial charge in [0, 0.05) is 21.3 Å². The summed E-state index contributed by atoms with van der Waals surface area (Å²) in [5.74, 6) is 1.04. The van der Waals surface area contributed by atoms with Crippen LogP contribution in [0.15, 0.2) is 52.4 Å². The number of esters is 1. The lowest BCUT2D eigenvalue weighted by Crippen LogP contribution is -2.29. The molecule has 1 aromatic heterocycles. The van der Waals surface area contributed by atoms with E-state index in [4.69, 9.17) is 37.4 Å². The number of hydrogen-bond acceptors (Lipinski definition) is 7. The first-order valence-electron chi connectivity index (χ1n) is 10.3. The molecule has 34 heavy (non-hydrogen) atoms. The molecule has 1 aliphatic rings. The lowest BCUT2D eigenvalue weighted by molar-refractivity contribution is -0.139. The van der Waals surface area contributed by atoms with Crippen LogP contribution in [0, 0.1) is 0 Å². The molecule has 0 fully saturated rings. The minimum Gasteiger partial charge on any atom is -0.493 e. The Hall–Kier alpha value is -2.75. The standard InChI is InChI=1S/C23H21BrCl2N4O4/c1-4-33-22(31)19-12(2)29-23-27-11-28-30(23)20(19)14-7-16(24)21(18(8-14)32-3)34-10-13-5-6-15(25)9-17(13)26/h5-9,11,20H,4,10H2,1-3H3,(H,27,28,29). The van der Waals surface area contributed by atoms with Crippen molar-refractivity contribution < 1.29 is 19.0 Å². The van der Waals surface area contributed by atoms with Gasteiger partial charge >= 0.3 is 5.97 Å². The SMILES string of the molecule is CCOC(=O)C1=C(C)Nc2ncnn2C1c1cc(Br)c(OCc2ccc(Cl)cc2Cl)c(OC)c1. The molecule has 1 atom stereocenters. The van der Waals surface area contributed by atoms with E-state index in [9.17, 15) is 4.79 Å². The molecule has 2 heterocycles. The lowest BCUT2D eigenvalue weighted by atomic mass is 9.95. The highest BCUT2D eigenvalue weighted by Crippen LogP contribution is 2.43. The number of nitrogens with zero attached hydrogens (tertiary/aromatic N) is 3. The monoisotopic (exact) mass is 566 g/mol. The number of aromatic nitrogens is 3. The largest absolute Gasteiger partial charge is 0.493 e. The number of allylic oxidation sites excluding steroid dienone is 1. The number of fused-ring (bicyclic) bond motifs is 1. The van der Waals surface area contributed by atoms with Crippen LogP contribution in [0.25, 0.3) is 0 Å². The number of nitrogens with one attached hydrogen (secondary N) is 1. The average Bonchev–Trinajstić information content (AvgIpc) is 3.26. The van der Waals surface area contributed by atoms with E-state index in [1.54, 1.807) is 49.9 Å². The fourth-order valence-electron chi connectivity index (χ4n) is 3.70. The number of carbonyl (C=O) groups is 1. The van der Waals surface area contributed by atoms with Gasteiger partial charge in [-0.25, -0.2) is 9.48 Å². The Kier molecular flexibility index (Phi) is 7.35. The topological polar surface area (TPSA) is 87.5 Å². The van der Waals surface area contributed by atoms with Crippen molar-refractivity contribution in [2.24, 2.45) is 0 Å². The van der Waals surface area contributed by atoms with E-state index in [1.165, 1.54) is 6.33 Å². The Balaban J connectivity index is 1.73. The van der Waals surface area contributed by atoms with Gasteiger partial charge in [0.2, 0.25) is 5.95 Å². The highest BCUT2D eigenvalue weighted by Gasteiger charge is 2.35. The van der Waals surface area contributed by atoms with Crippen LogP contribution in [0.2, 0.25) is 10.0 Å². The van der Waals surface area contributed by atoms with Gasteiger partial charge in [-0.05, 0) is 59.6 Å². The number of carbonyl (C=O) groups excluding carboxylic acids is 1. The molecule has 0 radical (unpaired) electrons. The minimum absolute atomic E-state index is 0.206. The Labute approximate surface area is 214 Å². The van der Waals surface area contributed by atoms with E-state index >= 15 is 0 Å². The van der Waals surface area contributed by atoms with Crippen LogP contribution < -0.4 is 14.8 Å². The fraction of sp³-hybridized carbons (Fsp3) is 0.261. The molecule has 0 spiro atoms. The van der Waals surface area contributed by atoms with Crippen molar-refractivity contribution in [3.05, 3.63) is 73.6 Å². The molecule has 2 aromatic carbocycles. The predicted octanol–water partition coefficient (Wildman–Crippen LogP) is 5.79. The zero-order valence-corrected chi connectivity index (χ0v) is 21.7. The second kappa shape index (κ2) is 10.2. The molecule has 0 bridgehead atoms. The van der Waals surface area contributed by atoms with Crippen LogP contribution in [-0.4, -0.2) is 34.5 Å². The van der Waals surface area contributed by atoms with Crippen LogP contribution >= 0.6 is 39.1 Å². The number of ether oxygens (including phenoxy) is 3. The summed E-state index contributed by atoms with van der Waals surface area (Å²) < 4.78 is 19.3. The third-order valence-corrected chi connectivity index (χ3v) is 6.42. The van der Waals surface area contributed by atoms with Crippen molar-refractivity contribution >= 4 is 51.0 Å². The molecule has 178 valence electrons. The van der Waals surface area contributed by atoms with Crippen LogP contribution in [-0.2, 0) is 16.1 Å². The fourth-order valence-corrected chi connectivity index (χ4v) is 4.74. The molecular formula is C23H21BrCl2N4O4. The van der Waals surface area contributed by atoms with Crippen molar-refractivity contribution in [3.63, 3.8) is 0 Å². The summed E-state index contributed by atoms with van der Waals surface area (Å²) in [7, 11) is 1.55. The number of benzene rings is 2. The van der Waals surface area contributed by atoms with Gasteiger partial charge in [-0.3, -0.25) is 0 Å². The number of hydrogen-bond donors (Lipinski definition) is 1. The lowest BCUT2D eigenvalue weighted by Gasteiger charge is -2.28. The Morgan fingerprint density at radius 1 is 1.26 bits per heavy atom. The molecule has 4 rings (SSSR count). The van der Waals surface area contributed by atoms with Crippen LogP contribution in [0.5, 0.6) is 11.5 Å². The first kappa shape index (κ1) is 24.4. The molecule has 1 aliphatic heterocycles. The maximum absolute atomic E-state index is 12.9. The van der Waals surface area contributed by atoms with Crippen LogP contribution in [0.1, 0.15) is 31.0 Å². The number of methoxy groups -OCH3 is 1. The molecular weight excluding hydrogens is 547 g/mol. The molecule has 11 heteroatoms. The van der Waals surface area contributed by atoms with Gasteiger partial charge in [0.05, 0.1) is 23.8 Å². The van der Waals surface area contributed by atoms with E-state index in [0.717, 1.165) is 11.1 Å². The zero-order valence-electron chi connectivity index (χ0n) is 18.6. The first-order chi connectivity index (χ1) is 16.3. The number of halogens is 3. The minimum atomic E-state index is -0.581. The normalized spacial score (nSPS) is 14.9. The maximum atomic E-state index is 12.9. The zero-order chi connectivity index (χ0) is 24.4. The summed E-state index contributed by atoms with van der Waals surface area (Å²) in [6.07, 6.45) is 1.43. The van der Waals surface area contributed by atoms with Crippen LogP contribution in [0.4, 0.5) is 5.95 Å². The van der Waals surface area contributed by atoms with Crippen LogP contribution in [0.3, 0.4) is 0 Å². The smallest absolute Gasteiger partial charge is 0.338 e. The molecule has 8 nitrogen and oxygen atoms in total. The second-order valence-electron chi connectivity index (χ2n) is 7.37. The van der Waals surface area contributed by atoms with Gasteiger partial charge in [0.15, 0.2) is 11.5 Å². The van der Waals surface area contributed by atoms with Gasteiger partial charge in [-0.15, -0.1) is 0 Å². The van der Waals surface area contributed by atoms with E-state index in [1.807, 2.05) is 6.07 Å². The van der Waals surface area contributed by atoms with Gasteiger partial charge in [-0.1, -0.05) is 29.3 Å². The van der Waals surface area contributed by atoms with Gasteiger partial charge in [-0.2, -0.15) is 10.1 Å². The van der Waals surface area contributed by atoms with E-state index in [2.05, 4.69) is 31.3 Å². The molecule has 0 aliphatic carbocycles. The Morgan fingerprint density at radius 2 is 2.06 bits per heavy atom. The van der Waals surface area contributed by atoms with Crippen molar-refractivity contribution in [2.45, 2.75) is 26.5 Å². The maximum Gasteiger partial charge on any atom is 0.338 e. The summed E-state index contributed by atoms with van der Waals surface area (Å²) in [4.78, 5) is 17.1. The third kappa shape index (κ3) is 4.73. The molecule has 0 saturated carbocycles. The van der Waals surface area contributed by atoms with Gasteiger partial charge < -0.3 is 19.5 Å².